The minimum absolute atomic E-state index is 0.0110. The third-order valence-corrected chi connectivity index (χ3v) is 8.91. The Kier molecular flexibility index (Phi) is 8.79. The third-order valence-electron chi connectivity index (χ3n) is 8.91. The van der Waals surface area contributed by atoms with Gasteiger partial charge in [-0.2, -0.15) is 0 Å². The number of hydrogen-bond acceptors (Lipinski definition) is 5. The molecule has 8 nitrogen and oxygen atoms in total. The number of carbonyl (C=O) groups excluding carboxylic acids is 3. The first-order valence-corrected chi connectivity index (χ1v) is 14.4. The van der Waals surface area contributed by atoms with Crippen molar-refractivity contribution in [1.82, 2.24) is 20.4 Å². The molecule has 4 aliphatic heterocycles. The predicted molar refractivity (Wildman–Crippen MR) is 145 cm³/mol. The molecule has 1 aromatic rings. The molecule has 206 valence electrons. The smallest absolute Gasteiger partial charge is 0.243 e. The molecule has 4 aliphatic rings. The molecule has 0 unspecified atom stereocenters. The van der Waals surface area contributed by atoms with Gasteiger partial charge in [-0.05, 0) is 56.4 Å². The van der Waals surface area contributed by atoms with Crippen LogP contribution in [0.1, 0.15) is 50.5 Å². The van der Waals surface area contributed by atoms with E-state index in [1.54, 1.807) is 0 Å². The molecule has 0 aliphatic carbocycles. The molecule has 3 atom stereocenters. The molecule has 3 saturated heterocycles. The third kappa shape index (κ3) is 6.46. The number of benzene rings is 1. The summed E-state index contributed by atoms with van der Waals surface area (Å²) in [6.07, 6.45) is 10.6. The zero-order valence-electron chi connectivity index (χ0n) is 22.4. The van der Waals surface area contributed by atoms with Gasteiger partial charge in [-0.1, -0.05) is 42.5 Å². The second-order valence-electron chi connectivity index (χ2n) is 11.5. The van der Waals surface area contributed by atoms with Crippen LogP contribution in [-0.4, -0.2) is 85.5 Å². The molecule has 1 aromatic carbocycles. The number of allylic oxidation sites excluding steroid dienone is 2. The van der Waals surface area contributed by atoms with E-state index in [4.69, 9.17) is 4.74 Å². The van der Waals surface area contributed by atoms with Crippen LogP contribution in [0, 0.1) is 11.3 Å². The molecule has 1 spiro atoms. The molecule has 0 saturated carbocycles. The van der Waals surface area contributed by atoms with E-state index >= 15 is 0 Å². The highest BCUT2D eigenvalue weighted by Gasteiger charge is 2.41. The van der Waals surface area contributed by atoms with Gasteiger partial charge in [0.05, 0.1) is 12.0 Å². The molecule has 0 radical (unpaired) electrons. The monoisotopic (exact) mass is 522 g/mol. The summed E-state index contributed by atoms with van der Waals surface area (Å²) in [5, 5.41) is 6.47. The standard InChI is InChI=1S/C30H42N4O4/c35-27(34-15-6-7-16-34)22-33-17-11-25-24(21-33)10-4-5-12-30(13-18-38-19-14-30)29(37)32-26(28(36)31-25)20-23-8-2-1-3-9-23/h1-5,8-9,24-26H,6-7,10-22H2,(H,31,36)(H,32,37)/b5-4+/t24-,25+,26+/m0/s1. The van der Waals surface area contributed by atoms with Crippen molar-refractivity contribution in [2.24, 2.45) is 11.3 Å². The molecule has 2 N–H and O–H groups in total. The number of nitrogens with one attached hydrogen (secondary N) is 2. The number of amides is 3. The van der Waals surface area contributed by atoms with Crippen LogP contribution in [0.3, 0.4) is 0 Å². The molecular formula is C30H42N4O4. The fourth-order valence-corrected chi connectivity index (χ4v) is 6.46. The average molecular weight is 523 g/mol. The summed E-state index contributed by atoms with van der Waals surface area (Å²) in [7, 11) is 0. The predicted octanol–water partition coefficient (Wildman–Crippen LogP) is 2.29. The van der Waals surface area contributed by atoms with Gasteiger partial charge in [0.1, 0.15) is 6.04 Å². The second kappa shape index (κ2) is 12.4. The SMILES string of the molecule is O=C1N[C@@H]2CCN(CC(=O)N3CCCC3)C[C@@H]2C/C=C/CC2(CCOCC2)C(=O)N[C@@H]1Cc1ccccc1. The summed E-state index contributed by atoms with van der Waals surface area (Å²) in [6, 6.07) is 9.26. The first kappa shape index (κ1) is 26.9. The molecule has 0 aromatic heterocycles. The van der Waals surface area contributed by atoms with Crippen molar-refractivity contribution in [3.63, 3.8) is 0 Å². The number of rotatable bonds is 4. The van der Waals surface area contributed by atoms with Crippen LogP contribution in [0.5, 0.6) is 0 Å². The topological polar surface area (TPSA) is 91.0 Å². The van der Waals surface area contributed by atoms with Gasteiger partial charge in [0.15, 0.2) is 0 Å². The molecule has 5 rings (SSSR count). The quantitative estimate of drug-likeness (QED) is 0.593. The van der Waals surface area contributed by atoms with Gasteiger partial charge in [0.2, 0.25) is 17.7 Å². The number of likely N-dealkylation sites (tertiary alicyclic amines) is 2. The summed E-state index contributed by atoms with van der Waals surface area (Å²) in [5.74, 6) is 0.272. The van der Waals surface area contributed by atoms with Crippen molar-refractivity contribution >= 4 is 17.7 Å². The molecule has 8 heteroatoms. The van der Waals surface area contributed by atoms with Gasteiger partial charge >= 0.3 is 0 Å². The van der Waals surface area contributed by atoms with Gasteiger partial charge in [0, 0.05) is 51.9 Å². The highest BCUT2D eigenvalue weighted by molar-refractivity contribution is 5.90. The second-order valence-corrected chi connectivity index (χ2v) is 11.5. The lowest BCUT2D eigenvalue weighted by Gasteiger charge is -2.40. The number of nitrogens with zero attached hydrogens (tertiary/aromatic N) is 2. The zero-order chi connectivity index (χ0) is 26.4. The fourth-order valence-electron chi connectivity index (χ4n) is 6.46. The molecule has 3 fully saturated rings. The Balaban J connectivity index is 1.34. The maximum Gasteiger partial charge on any atom is 0.243 e. The number of fused-ring (bicyclic) bond motifs is 1. The van der Waals surface area contributed by atoms with E-state index < -0.39 is 11.5 Å². The maximum absolute atomic E-state index is 13.7. The maximum atomic E-state index is 13.7. The highest BCUT2D eigenvalue weighted by atomic mass is 16.5. The molecule has 3 amide bonds. The van der Waals surface area contributed by atoms with Crippen molar-refractivity contribution in [2.45, 2.75) is 63.5 Å². The lowest BCUT2D eigenvalue weighted by atomic mass is 9.75. The first-order chi connectivity index (χ1) is 18.5. The van der Waals surface area contributed by atoms with E-state index in [9.17, 15) is 14.4 Å². The van der Waals surface area contributed by atoms with Crippen molar-refractivity contribution in [2.75, 3.05) is 45.9 Å². The van der Waals surface area contributed by atoms with Crippen molar-refractivity contribution in [3.8, 4) is 0 Å². The minimum atomic E-state index is -0.636. The van der Waals surface area contributed by atoms with Crippen LogP contribution in [0.2, 0.25) is 0 Å². The molecular weight excluding hydrogens is 480 g/mol. The van der Waals surface area contributed by atoms with Crippen LogP contribution in [0.4, 0.5) is 0 Å². The fraction of sp³-hybridized carbons (Fsp3) is 0.633. The number of ether oxygens (including phenoxy) is 1. The van der Waals surface area contributed by atoms with Crippen molar-refractivity contribution in [3.05, 3.63) is 48.0 Å². The Hall–Kier alpha value is -2.71. The van der Waals surface area contributed by atoms with E-state index in [-0.39, 0.29) is 29.7 Å². The lowest BCUT2D eigenvalue weighted by molar-refractivity contribution is -0.140. The van der Waals surface area contributed by atoms with E-state index in [2.05, 4.69) is 27.7 Å². The van der Waals surface area contributed by atoms with Crippen LogP contribution < -0.4 is 10.6 Å². The average Bonchev–Trinajstić information content (AvgIpc) is 3.48. The van der Waals surface area contributed by atoms with Gasteiger partial charge < -0.3 is 20.3 Å². The molecule has 0 bridgehead atoms. The Labute approximate surface area is 226 Å². The first-order valence-electron chi connectivity index (χ1n) is 14.4. The van der Waals surface area contributed by atoms with Gasteiger partial charge in [-0.25, -0.2) is 0 Å². The summed E-state index contributed by atoms with van der Waals surface area (Å²) in [4.78, 5) is 44.4. The Morgan fingerprint density at radius 2 is 1.76 bits per heavy atom. The van der Waals surface area contributed by atoms with Crippen LogP contribution >= 0.6 is 0 Å². The van der Waals surface area contributed by atoms with Crippen molar-refractivity contribution in [1.29, 1.82) is 0 Å². The highest BCUT2D eigenvalue weighted by Crippen LogP contribution is 2.36. The van der Waals surface area contributed by atoms with Crippen molar-refractivity contribution < 1.29 is 19.1 Å². The molecule has 38 heavy (non-hydrogen) atoms. The molecule has 4 heterocycles. The van der Waals surface area contributed by atoms with Crippen LogP contribution in [0.25, 0.3) is 0 Å². The van der Waals surface area contributed by atoms with E-state index in [1.165, 1.54) is 0 Å². The minimum Gasteiger partial charge on any atom is -0.381 e. The number of hydrogen-bond donors (Lipinski definition) is 2. The summed E-state index contributed by atoms with van der Waals surface area (Å²) >= 11 is 0. The summed E-state index contributed by atoms with van der Waals surface area (Å²) < 4.78 is 5.59. The largest absolute Gasteiger partial charge is 0.381 e. The van der Waals surface area contributed by atoms with Gasteiger partial charge in [-0.15, -0.1) is 0 Å². The Bertz CT molecular complexity index is 1000. The van der Waals surface area contributed by atoms with E-state index in [0.717, 1.165) is 57.4 Å². The number of piperidine rings is 1. The normalized spacial score (nSPS) is 29.5. The van der Waals surface area contributed by atoms with Crippen LogP contribution in [-0.2, 0) is 25.5 Å². The van der Waals surface area contributed by atoms with E-state index in [1.807, 2.05) is 35.2 Å². The van der Waals surface area contributed by atoms with E-state index in [0.29, 0.717) is 45.4 Å². The Morgan fingerprint density at radius 3 is 2.53 bits per heavy atom. The number of carbonyl (C=O) groups is 3. The Morgan fingerprint density at radius 1 is 1.00 bits per heavy atom. The van der Waals surface area contributed by atoms with Crippen LogP contribution in [0.15, 0.2) is 42.5 Å². The van der Waals surface area contributed by atoms with Gasteiger partial charge in [0.25, 0.3) is 0 Å². The van der Waals surface area contributed by atoms with Gasteiger partial charge in [-0.3, -0.25) is 19.3 Å². The lowest BCUT2D eigenvalue weighted by Crippen LogP contribution is -2.58. The summed E-state index contributed by atoms with van der Waals surface area (Å²) in [5.41, 5.74) is 0.469. The summed E-state index contributed by atoms with van der Waals surface area (Å²) in [6.45, 7) is 4.88. The zero-order valence-corrected chi connectivity index (χ0v) is 22.4.